The molecule has 3 aromatic rings. The lowest BCUT2D eigenvalue weighted by Crippen LogP contribution is -2.42. The number of fused-ring (bicyclic) bond motifs is 1. The molecular weight excluding hydrogens is 390 g/mol. The fourth-order valence-corrected chi connectivity index (χ4v) is 3.82. The van der Waals surface area contributed by atoms with Crippen molar-refractivity contribution in [2.24, 2.45) is 0 Å². The number of nitrogens with zero attached hydrogens (tertiary/aromatic N) is 4. The van der Waals surface area contributed by atoms with Gasteiger partial charge in [0, 0.05) is 36.4 Å². The molecule has 0 unspecified atom stereocenters. The van der Waals surface area contributed by atoms with Gasteiger partial charge < -0.3 is 19.9 Å². The van der Waals surface area contributed by atoms with Crippen LogP contribution in [0.4, 0.5) is 11.6 Å². The molecule has 0 radical (unpaired) electrons. The summed E-state index contributed by atoms with van der Waals surface area (Å²) in [7, 11) is 4.27. The van der Waals surface area contributed by atoms with E-state index < -0.39 is 0 Å². The topological polar surface area (TPSA) is 70.6 Å². The number of hydrogen-bond acceptors (Lipinski definition) is 6. The maximum atomic E-state index is 12.2. The summed E-state index contributed by atoms with van der Waals surface area (Å²) >= 11 is 0. The van der Waals surface area contributed by atoms with E-state index in [0.717, 1.165) is 48.3 Å². The van der Waals surface area contributed by atoms with Crippen molar-refractivity contribution in [3.8, 4) is 5.75 Å². The van der Waals surface area contributed by atoms with Crippen molar-refractivity contribution in [3.63, 3.8) is 0 Å². The SMILES string of the molecule is Cc1ccc(OCC(=O)Nc2ccc3nc(N4CCC(N(C)C)CC4)ncc3c2)cc1. The molecule has 0 spiro atoms. The molecule has 0 bridgehead atoms. The highest BCUT2D eigenvalue weighted by atomic mass is 16.5. The Hall–Kier alpha value is -3.19. The minimum absolute atomic E-state index is 0.0422. The van der Waals surface area contributed by atoms with Crippen molar-refractivity contribution in [2.45, 2.75) is 25.8 Å². The smallest absolute Gasteiger partial charge is 0.262 e. The third-order valence-electron chi connectivity index (χ3n) is 5.72. The second-order valence-electron chi connectivity index (χ2n) is 8.28. The molecule has 2 aromatic carbocycles. The first kappa shape index (κ1) is 21.1. The molecule has 1 fully saturated rings. The Balaban J connectivity index is 1.36. The van der Waals surface area contributed by atoms with Gasteiger partial charge in [-0.25, -0.2) is 9.97 Å². The normalized spacial score (nSPS) is 14.8. The fourth-order valence-electron chi connectivity index (χ4n) is 3.82. The molecule has 31 heavy (non-hydrogen) atoms. The molecule has 162 valence electrons. The summed E-state index contributed by atoms with van der Waals surface area (Å²) in [5, 5.41) is 3.77. The largest absolute Gasteiger partial charge is 0.484 e. The van der Waals surface area contributed by atoms with Gasteiger partial charge in [-0.1, -0.05) is 17.7 Å². The van der Waals surface area contributed by atoms with E-state index in [1.54, 1.807) is 0 Å². The highest BCUT2D eigenvalue weighted by Crippen LogP contribution is 2.22. The van der Waals surface area contributed by atoms with Gasteiger partial charge in [-0.2, -0.15) is 0 Å². The number of rotatable bonds is 6. The highest BCUT2D eigenvalue weighted by Gasteiger charge is 2.22. The Bertz CT molecular complexity index is 1040. The summed E-state index contributed by atoms with van der Waals surface area (Å²) in [6.07, 6.45) is 4.06. The summed E-state index contributed by atoms with van der Waals surface area (Å²) in [5.41, 5.74) is 2.72. The molecule has 1 amide bonds. The Morgan fingerprint density at radius 2 is 1.90 bits per heavy atom. The van der Waals surface area contributed by atoms with Crippen molar-refractivity contribution >= 4 is 28.4 Å². The Morgan fingerprint density at radius 1 is 1.16 bits per heavy atom. The van der Waals surface area contributed by atoms with Crippen LogP contribution < -0.4 is 15.0 Å². The van der Waals surface area contributed by atoms with E-state index >= 15 is 0 Å². The summed E-state index contributed by atoms with van der Waals surface area (Å²) < 4.78 is 5.54. The van der Waals surface area contributed by atoms with E-state index in [1.165, 1.54) is 0 Å². The van der Waals surface area contributed by atoms with Gasteiger partial charge in [0.25, 0.3) is 5.91 Å². The van der Waals surface area contributed by atoms with Gasteiger partial charge in [0.2, 0.25) is 5.95 Å². The Labute approximate surface area is 183 Å². The van der Waals surface area contributed by atoms with Gasteiger partial charge in [0.1, 0.15) is 5.75 Å². The molecule has 1 N–H and O–H groups in total. The average molecular weight is 420 g/mol. The predicted octanol–water partition coefficient (Wildman–Crippen LogP) is 3.49. The van der Waals surface area contributed by atoms with Gasteiger partial charge >= 0.3 is 0 Å². The van der Waals surface area contributed by atoms with E-state index in [-0.39, 0.29) is 12.5 Å². The molecule has 1 aromatic heterocycles. The summed E-state index contributed by atoms with van der Waals surface area (Å²) in [4.78, 5) is 26.1. The van der Waals surface area contributed by atoms with Crippen LogP contribution in [-0.2, 0) is 4.79 Å². The minimum atomic E-state index is -0.207. The number of carbonyl (C=O) groups excluding carboxylic acids is 1. The molecule has 7 nitrogen and oxygen atoms in total. The van der Waals surface area contributed by atoms with E-state index in [0.29, 0.717) is 17.5 Å². The first-order chi connectivity index (χ1) is 15.0. The van der Waals surface area contributed by atoms with Gasteiger partial charge in [0.15, 0.2) is 6.61 Å². The van der Waals surface area contributed by atoms with Crippen LogP contribution in [0.5, 0.6) is 5.75 Å². The molecule has 0 saturated carbocycles. The lowest BCUT2D eigenvalue weighted by atomic mass is 10.0. The van der Waals surface area contributed by atoms with E-state index in [2.05, 4.69) is 34.2 Å². The second-order valence-corrected chi connectivity index (χ2v) is 8.28. The van der Waals surface area contributed by atoms with Crippen LogP contribution in [0.15, 0.2) is 48.7 Å². The quantitative estimate of drug-likeness (QED) is 0.660. The number of amides is 1. The maximum Gasteiger partial charge on any atom is 0.262 e. The van der Waals surface area contributed by atoms with Crippen molar-refractivity contribution < 1.29 is 9.53 Å². The molecule has 2 heterocycles. The van der Waals surface area contributed by atoms with Crippen LogP contribution in [0.25, 0.3) is 10.9 Å². The van der Waals surface area contributed by atoms with Crippen LogP contribution in [0.3, 0.4) is 0 Å². The number of piperidine rings is 1. The molecule has 4 rings (SSSR count). The Morgan fingerprint density at radius 3 is 2.61 bits per heavy atom. The van der Waals surface area contributed by atoms with Crippen LogP contribution in [0, 0.1) is 6.92 Å². The molecule has 0 aliphatic carbocycles. The number of carbonyl (C=O) groups is 1. The second kappa shape index (κ2) is 9.31. The van der Waals surface area contributed by atoms with Crippen LogP contribution in [0.1, 0.15) is 18.4 Å². The van der Waals surface area contributed by atoms with Crippen molar-refractivity contribution in [1.29, 1.82) is 0 Å². The third kappa shape index (κ3) is 5.30. The first-order valence-electron chi connectivity index (χ1n) is 10.7. The zero-order valence-electron chi connectivity index (χ0n) is 18.3. The maximum absolute atomic E-state index is 12.2. The molecule has 1 saturated heterocycles. The molecular formula is C24H29N5O2. The van der Waals surface area contributed by atoms with E-state index in [4.69, 9.17) is 9.72 Å². The lowest BCUT2D eigenvalue weighted by molar-refractivity contribution is -0.118. The lowest BCUT2D eigenvalue weighted by Gasteiger charge is -2.35. The summed E-state index contributed by atoms with van der Waals surface area (Å²) in [5.74, 6) is 1.24. The number of nitrogens with one attached hydrogen (secondary N) is 1. The minimum Gasteiger partial charge on any atom is -0.484 e. The standard InChI is InChI=1S/C24H29N5O2/c1-17-4-7-21(8-5-17)31-16-23(30)26-19-6-9-22-18(14-19)15-25-24(27-22)29-12-10-20(11-13-29)28(2)3/h4-9,14-15,20H,10-13,16H2,1-3H3,(H,26,30). The van der Waals surface area contributed by atoms with Gasteiger partial charge in [0.05, 0.1) is 5.52 Å². The van der Waals surface area contributed by atoms with Gasteiger partial charge in [-0.3, -0.25) is 4.79 Å². The number of benzene rings is 2. The van der Waals surface area contributed by atoms with Crippen LogP contribution >= 0.6 is 0 Å². The highest BCUT2D eigenvalue weighted by molar-refractivity contribution is 5.94. The number of ether oxygens (including phenoxy) is 1. The molecule has 1 aliphatic rings. The van der Waals surface area contributed by atoms with Crippen molar-refractivity contribution in [3.05, 3.63) is 54.2 Å². The number of aryl methyl sites for hydroxylation is 1. The van der Waals surface area contributed by atoms with Crippen molar-refractivity contribution in [2.75, 3.05) is 44.0 Å². The zero-order valence-corrected chi connectivity index (χ0v) is 18.3. The zero-order chi connectivity index (χ0) is 21.8. The van der Waals surface area contributed by atoms with E-state index in [1.807, 2.05) is 55.6 Å². The predicted molar refractivity (Wildman–Crippen MR) is 124 cm³/mol. The van der Waals surface area contributed by atoms with Crippen LogP contribution in [-0.4, -0.2) is 60.6 Å². The third-order valence-corrected chi connectivity index (χ3v) is 5.72. The van der Waals surface area contributed by atoms with E-state index in [9.17, 15) is 4.79 Å². The fraction of sp³-hybridized carbons (Fsp3) is 0.375. The molecule has 0 atom stereocenters. The number of hydrogen-bond donors (Lipinski definition) is 1. The van der Waals surface area contributed by atoms with Gasteiger partial charge in [-0.15, -0.1) is 0 Å². The van der Waals surface area contributed by atoms with Crippen molar-refractivity contribution in [1.82, 2.24) is 14.9 Å². The Kier molecular flexibility index (Phi) is 6.32. The number of anilines is 2. The average Bonchev–Trinajstić information content (AvgIpc) is 2.78. The summed E-state index contributed by atoms with van der Waals surface area (Å²) in [6, 6.07) is 13.9. The number of aromatic nitrogens is 2. The first-order valence-corrected chi connectivity index (χ1v) is 10.7. The molecule has 7 heteroatoms. The molecule has 1 aliphatic heterocycles. The van der Waals surface area contributed by atoms with Crippen LogP contribution in [0.2, 0.25) is 0 Å². The van der Waals surface area contributed by atoms with Gasteiger partial charge in [-0.05, 0) is 64.2 Å². The monoisotopic (exact) mass is 419 g/mol. The summed E-state index contributed by atoms with van der Waals surface area (Å²) in [6.45, 7) is 3.89.